The van der Waals surface area contributed by atoms with E-state index in [4.69, 9.17) is 16.3 Å². The Morgan fingerprint density at radius 3 is 2.62 bits per heavy atom. The molecule has 2 rings (SSSR count). The molecule has 1 heterocycles. The molecule has 0 unspecified atom stereocenters. The molecule has 26 heavy (non-hydrogen) atoms. The van der Waals surface area contributed by atoms with E-state index in [0.29, 0.717) is 21.5 Å². The van der Waals surface area contributed by atoms with E-state index in [9.17, 15) is 9.59 Å². The minimum atomic E-state index is -0.597. The third-order valence-corrected chi connectivity index (χ3v) is 5.29. The minimum Gasteiger partial charge on any atom is -0.452 e. The Balaban J connectivity index is 2.03. The summed E-state index contributed by atoms with van der Waals surface area (Å²) in [6.07, 6.45) is 1.59. The number of carbonyl (C=O) groups is 2. The van der Waals surface area contributed by atoms with E-state index >= 15 is 0 Å². The van der Waals surface area contributed by atoms with Crippen LogP contribution in [0, 0.1) is 5.92 Å². The maximum atomic E-state index is 12.4. The zero-order valence-electron chi connectivity index (χ0n) is 14.9. The summed E-state index contributed by atoms with van der Waals surface area (Å²) in [6, 6.07) is 10.6. The topological polar surface area (TPSA) is 68.3 Å². The number of nitrogens with zero attached hydrogens (tertiary/aromatic N) is 1. The molecule has 0 aliphatic rings. The SMILES string of the molecule is CC(C)[C@H](C)NC(=O)COC(=O)c1cccnc1Sc1ccccc1Cl. The predicted octanol–water partition coefficient (Wildman–Crippen LogP) is 4.20. The first-order chi connectivity index (χ1) is 12.4. The van der Waals surface area contributed by atoms with Crippen molar-refractivity contribution in [3.05, 3.63) is 53.2 Å². The Kier molecular flexibility index (Phi) is 7.48. The highest BCUT2D eigenvalue weighted by atomic mass is 35.5. The molecule has 1 N–H and O–H groups in total. The van der Waals surface area contributed by atoms with Gasteiger partial charge >= 0.3 is 5.97 Å². The van der Waals surface area contributed by atoms with Gasteiger partial charge in [-0.1, -0.05) is 49.3 Å². The lowest BCUT2D eigenvalue weighted by Gasteiger charge is -2.17. The van der Waals surface area contributed by atoms with Gasteiger partial charge in [0.15, 0.2) is 6.61 Å². The van der Waals surface area contributed by atoms with Crippen molar-refractivity contribution in [3.8, 4) is 0 Å². The molecule has 0 bridgehead atoms. The van der Waals surface area contributed by atoms with Crippen molar-refractivity contribution in [3.63, 3.8) is 0 Å². The molecule has 5 nitrogen and oxygen atoms in total. The first-order valence-electron chi connectivity index (χ1n) is 8.22. The molecule has 0 aliphatic heterocycles. The van der Waals surface area contributed by atoms with Gasteiger partial charge in [0.2, 0.25) is 0 Å². The summed E-state index contributed by atoms with van der Waals surface area (Å²) >= 11 is 7.44. The first kappa shape index (κ1) is 20.3. The van der Waals surface area contributed by atoms with E-state index in [0.717, 1.165) is 4.90 Å². The van der Waals surface area contributed by atoms with Gasteiger partial charge in [0.05, 0.1) is 10.6 Å². The monoisotopic (exact) mass is 392 g/mol. The number of benzene rings is 1. The van der Waals surface area contributed by atoms with Crippen molar-refractivity contribution in [2.45, 2.75) is 36.7 Å². The molecule has 0 saturated carbocycles. The van der Waals surface area contributed by atoms with Crippen LogP contribution in [0.5, 0.6) is 0 Å². The third-order valence-electron chi connectivity index (χ3n) is 3.76. The molecule has 138 valence electrons. The van der Waals surface area contributed by atoms with Gasteiger partial charge in [-0.15, -0.1) is 0 Å². The number of nitrogens with one attached hydrogen (secondary N) is 1. The number of halogens is 1. The van der Waals surface area contributed by atoms with Gasteiger partial charge in [-0.2, -0.15) is 0 Å². The number of amides is 1. The number of aromatic nitrogens is 1. The van der Waals surface area contributed by atoms with E-state index in [-0.39, 0.29) is 18.6 Å². The van der Waals surface area contributed by atoms with E-state index < -0.39 is 5.97 Å². The first-order valence-corrected chi connectivity index (χ1v) is 9.41. The summed E-state index contributed by atoms with van der Waals surface area (Å²) in [5.74, 6) is -0.629. The Hall–Kier alpha value is -2.05. The van der Waals surface area contributed by atoms with Crippen molar-refractivity contribution < 1.29 is 14.3 Å². The van der Waals surface area contributed by atoms with Gasteiger partial charge in [-0.25, -0.2) is 9.78 Å². The van der Waals surface area contributed by atoms with Crippen molar-refractivity contribution >= 4 is 35.2 Å². The smallest absolute Gasteiger partial charge is 0.341 e. The summed E-state index contributed by atoms with van der Waals surface area (Å²) in [7, 11) is 0. The van der Waals surface area contributed by atoms with Crippen LogP contribution in [0.4, 0.5) is 0 Å². The highest BCUT2D eigenvalue weighted by Crippen LogP contribution is 2.33. The van der Waals surface area contributed by atoms with E-state index in [2.05, 4.69) is 10.3 Å². The quantitative estimate of drug-likeness (QED) is 0.715. The van der Waals surface area contributed by atoms with Gasteiger partial charge in [-0.3, -0.25) is 4.79 Å². The van der Waals surface area contributed by atoms with Gasteiger partial charge in [0.1, 0.15) is 5.03 Å². The average molecular weight is 393 g/mol. The molecule has 0 fully saturated rings. The van der Waals surface area contributed by atoms with Gasteiger partial charge in [0.25, 0.3) is 5.91 Å². The van der Waals surface area contributed by atoms with E-state index in [1.807, 2.05) is 39.0 Å². The van der Waals surface area contributed by atoms with Gasteiger partial charge in [-0.05, 0) is 37.1 Å². The van der Waals surface area contributed by atoms with Crippen LogP contribution in [-0.4, -0.2) is 29.5 Å². The lowest BCUT2D eigenvalue weighted by atomic mass is 10.1. The Morgan fingerprint density at radius 1 is 1.19 bits per heavy atom. The number of carbonyl (C=O) groups excluding carboxylic acids is 2. The summed E-state index contributed by atoms with van der Waals surface area (Å²) in [6.45, 7) is 5.58. The van der Waals surface area contributed by atoms with Crippen LogP contribution < -0.4 is 5.32 Å². The Morgan fingerprint density at radius 2 is 1.92 bits per heavy atom. The lowest BCUT2D eigenvalue weighted by Crippen LogP contribution is -2.38. The maximum absolute atomic E-state index is 12.4. The zero-order valence-corrected chi connectivity index (χ0v) is 16.4. The molecule has 1 aromatic carbocycles. The van der Waals surface area contributed by atoms with Crippen LogP contribution in [0.25, 0.3) is 0 Å². The van der Waals surface area contributed by atoms with Crippen molar-refractivity contribution in [1.29, 1.82) is 0 Å². The molecule has 7 heteroatoms. The number of ether oxygens (including phenoxy) is 1. The predicted molar refractivity (Wildman–Crippen MR) is 103 cm³/mol. The number of hydrogen-bond acceptors (Lipinski definition) is 5. The largest absolute Gasteiger partial charge is 0.452 e. The Bertz CT molecular complexity index is 783. The van der Waals surface area contributed by atoms with Crippen LogP contribution in [0.15, 0.2) is 52.5 Å². The molecular weight excluding hydrogens is 372 g/mol. The van der Waals surface area contributed by atoms with Crippen LogP contribution >= 0.6 is 23.4 Å². The second-order valence-corrected chi connectivity index (χ2v) is 7.50. The number of esters is 1. The zero-order chi connectivity index (χ0) is 19.1. The Labute approximate surface area is 162 Å². The van der Waals surface area contributed by atoms with Crippen LogP contribution in [0.2, 0.25) is 5.02 Å². The summed E-state index contributed by atoms with van der Waals surface area (Å²) in [4.78, 5) is 29.3. The molecule has 1 amide bonds. The molecule has 0 radical (unpaired) electrons. The van der Waals surface area contributed by atoms with Crippen LogP contribution in [0.3, 0.4) is 0 Å². The molecule has 0 aliphatic carbocycles. The molecule has 0 saturated heterocycles. The third kappa shape index (κ3) is 5.75. The second kappa shape index (κ2) is 9.59. The normalized spacial score (nSPS) is 11.9. The van der Waals surface area contributed by atoms with Crippen LogP contribution in [-0.2, 0) is 9.53 Å². The fourth-order valence-corrected chi connectivity index (χ4v) is 3.08. The number of hydrogen-bond donors (Lipinski definition) is 1. The molecule has 2 aromatic rings. The molecule has 1 aromatic heterocycles. The molecule has 0 spiro atoms. The summed E-state index contributed by atoms with van der Waals surface area (Å²) < 4.78 is 5.14. The van der Waals surface area contributed by atoms with Gasteiger partial charge < -0.3 is 10.1 Å². The molecule has 1 atom stereocenters. The maximum Gasteiger partial charge on any atom is 0.341 e. The average Bonchev–Trinajstić information content (AvgIpc) is 2.62. The summed E-state index contributed by atoms with van der Waals surface area (Å²) in [5.41, 5.74) is 0.294. The van der Waals surface area contributed by atoms with E-state index in [1.54, 1.807) is 24.4 Å². The lowest BCUT2D eigenvalue weighted by molar-refractivity contribution is -0.125. The van der Waals surface area contributed by atoms with Crippen molar-refractivity contribution in [1.82, 2.24) is 10.3 Å². The standard InChI is InChI=1S/C19H21ClN2O3S/c1-12(2)13(3)22-17(23)11-25-19(24)14-7-6-10-21-18(14)26-16-9-5-4-8-15(16)20/h4-10,12-13H,11H2,1-3H3,(H,22,23)/t13-/m0/s1. The molecular formula is C19H21ClN2O3S. The minimum absolute atomic E-state index is 0.00549. The van der Waals surface area contributed by atoms with E-state index in [1.165, 1.54) is 11.8 Å². The van der Waals surface area contributed by atoms with Crippen LogP contribution in [0.1, 0.15) is 31.1 Å². The van der Waals surface area contributed by atoms with Gasteiger partial charge in [0, 0.05) is 17.1 Å². The highest BCUT2D eigenvalue weighted by molar-refractivity contribution is 7.99. The van der Waals surface area contributed by atoms with Crippen molar-refractivity contribution in [2.75, 3.05) is 6.61 Å². The fraction of sp³-hybridized carbons (Fsp3) is 0.316. The number of rotatable bonds is 7. The fourth-order valence-electron chi connectivity index (χ4n) is 1.93. The number of pyridine rings is 1. The summed E-state index contributed by atoms with van der Waals surface area (Å²) in [5, 5.41) is 3.84. The second-order valence-electron chi connectivity index (χ2n) is 6.06. The van der Waals surface area contributed by atoms with Crippen molar-refractivity contribution in [2.24, 2.45) is 5.92 Å². The highest BCUT2D eigenvalue weighted by Gasteiger charge is 2.18.